The molecule has 0 unspecified atom stereocenters. The van der Waals surface area contributed by atoms with Gasteiger partial charge in [0, 0.05) is 25.1 Å². The summed E-state index contributed by atoms with van der Waals surface area (Å²) in [5.74, 6) is 1.50. The average molecular weight is 253 g/mol. The van der Waals surface area contributed by atoms with Gasteiger partial charge in [-0.05, 0) is 12.1 Å². The molecule has 1 aromatic rings. The van der Waals surface area contributed by atoms with Crippen molar-refractivity contribution in [2.45, 2.75) is 13.8 Å². The standard InChI is InChI=1S/C14H23NO3/c1-14(2,11-16)10-15-8-9-18-13-7-5-4-6-12(13)17-3/h4-7,15-16H,8-11H2,1-3H3. The highest BCUT2D eigenvalue weighted by molar-refractivity contribution is 5.39. The van der Waals surface area contributed by atoms with Gasteiger partial charge in [-0.15, -0.1) is 0 Å². The molecule has 0 atom stereocenters. The van der Waals surface area contributed by atoms with Gasteiger partial charge >= 0.3 is 0 Å². The van der Waals surface area contributed by atoms with Crippen LogP contribution in [0.3, 0.4) is 0 Å². The van der Waals surface area contributed by atoms with Gasteiger partial charge in [0.15, 0.2) is 11.5 Å². The quantitative estimate of drug-likeness (QED) is 0.692. The topological polar surface area (TPSA) is 50.7 Å². The lowest BCUT2D eigenvalue weighted by molar-refractivity contribution is 0.155. The maximum Gasteiger partial charge on any atom is 0.161 e. The molecule has 4 nitrogen and oxygen atoms in total. The third-order valence-corrected chi connectivity index (χ3v) is 2.64. The molecule has 0 fully saturated rings. The summed E-state index contributed by atoms with van der Waals surface area (Å²) in [5.41, 5.74) is -0.0928. The van der Waals surface area contributed by atoms with Crippen molar-refractivity contribution in [3.8, 4) is 11.5 Å². The third-order valence-electron chi connectivity index (χ3n) is 2.64. The molecule has 0 aliphatic carbocycles. The average Bonchev–Trinajstić information content (AvgIpc) is 2.38. The lowest BCUT2D eigenvalue weighted by atomic mass is 9.95. The summed E-state index contributed by atoms with van der Waals surface area (Å²) in [5, 5.41) is 12.4. The number of hydrogen-bond donors (Lipinski definition) is 2. The van der Waals surface area contributed by atoms with E-state index in [9.17, 15) is 0 Å². The summed E-state index contributed by atoms with van der Waals surface area (Å²) in [6, 6.07) is 7.59. The molecule has 0 amide bonds. The maximum atomic E-state index is 9.11. The van der Waals surface area contributed by atoms with Crippen LogP contribution in [-0.4, -0.2) is 38.5 Å². The van der Waals surface area contributed by atoms with Crippen LogP contribution in [0.15, 0.2) is 24.3 Å². The Balaban J connectivity index is 2.26. The first-order valence-corrected chi connectivity index (χ1v) is 6.16. The molecule has 0 spiro atoms. The van der Waals surface area contributed by atoms with Crippen molar-refractivity contribution in [3.05, 3.63) is 24.3 Å². The van der Waals surface area contributed by atoms with Crippen molar-refractivity contribution < 1.29 is 14.6 Å². The molecular weight excluding hydrogens is 230 g/mol. The fourth-order valence-corrected chi connectivity index (χ4v) is 1.45. The molecule has 4 heteroatoms. The molecule has 1 rings (SSSR count). The minimum absolute atomic E-state index is 0.0928. The molecule has 102 valence electrons. The first kappa shape index (κ1) is 14.8. The van der Waals surface area contributed by atoms with Gasteiger partial charge in [-0.25, -0.2) is 0 Å². The predicted octanol–water partition coefficient (Wildman–Crippen LogP) is 1.68. The van der Waals surface area contributed by atoms with E-state index in [0.29, 0.717) is 6.61 Å². The molecule has 0 heterocycles. The van der Waals surface area contributed by atoms with Gasteiger partial charge in [-0.1, -0.05) is 26.0 Å². The van der Waals surface area contributed by atoms with Crippen LogP contribution in [0.4, 0.5) is 0 Å². The third kappa shape index (κ3) is 4.94. The Kier molecular flexibility index (Phi) is 5.95. The Morgan fingerprint density at radius 1 is 1.22 bits per heavy atom. The van der Waals surface area contributed by atoms with Gasteiger partial charge in [0.1, 0.15) is 6.61 Å². The molecule has 18 heavy (non-hydrogen) atoms. The number of hydrogen-bond acceptors (Lipinski definition) is 4. The number of rotatable bonds is 8. The zero-order chi connectivity index (χ0) is 13.4. The minimum atomic E-state index is -0.0928. The Hall–Kier alpha value is -1.26. The number of benzene rings is 1. The van der Waals surface area contributed by atoms with E-state index >= 15 is 0 Å². The summed E-state index contributed by atoms with van der Waals surface area (Å²) < 4.78 is 10.8. The summed E-state index contributed by atoms with van der Waals surface area (Å²) >= 11 is 0. The van der Waals surface area contributed by atoms with Crippen molar-refractivity contribution in [1.82, 2.24) is 5.32 Å². The molecule has 0 aliphatic rings. The minimum Gasteiger partial charge on any atom is -0.493 e. The van der Waals surface area contributed by atoms with Gasteiger partial charge in [0.25, 0.3) is 0 Å². The van der Waals surface area contributed by atoms with E-state index in [1.165, 1.54) is 0 Å². The van der Waals surface area contributed by atoms with Gasteiger partial charge in [0.2, 0.25) is 0 Å². The zero-order valence-electron chi connectivity index (χ0n) is 11.4. The lowest BCUT2D eigenvalue weighted by Gasteiger charge is -2.22. The Morgan fingerprint density at radius 3 is 2.50 bits per heavy atom. The molecule has 2 N–H and O–H groups in total. The molecule has 0 aliphatic heterocycles. The second kappa shape index (κ2) is 7.24. The van der Waals surface area contributed by atoms with Crippen LogP contribution in [-0.2, 0) is 0 Å². The van der Waals surface area contributed by atoms with Crippen LogP contribution in [0.1, 0.15) is 13.8 Å². The molecule has 1 aromatic carbocycles. The molecular formula is C14H23NO3. The number of aliphatic hydroxyl groups is 1. The largest absolute Gasteiger partial charge is 0.493 e. The van der Waals surface area contributed by atoms with Gasteiger partial charge < -0.3 is 19.9 Å². The summed E-state index contributed by atoms with van der Waals surface area (Å²) in [6.07, 6.45) is 0. The molecule has 0 radical (unpaired) electrons. The molecule has 0 saturated heterocycles. The van der Waals surface area contributed by atoms with Gasteiger partial charge in [-0.2, -0.15) is 0 Å². The van der Waals surface area contributed by atoms with Crippen molar-refractivity contribution in [2.24, 2.45) is 5.41 Å². The van der Waals surface area contributed by atoms with E-state index < -0.39 is 0 Å². The van der Waals surface area contributed by atoms with Crippen molar-refractivity contribution in [2.75, 3.05) is 33.4 Å². The van der Waals surface area contributed by atoms with Crippen LogP contribution in [0.25, 0.3) is 0 Å². The first-order valence-electron chi connectivity index (χ1n) is 6.16. The van der Waals surface area contributed by atoms with Crippen LogP contribution in [0.2, 0.25) is 0 Å². The summed E-state index contributed by atoms with van der Waals surface area (Å²) in [6.45, 7) is 6.28. The van der Waals surface area contributed by atoms with Crippen LogP contribution >= 0.6 is 0 Å². The van der Waals surface area contributed by atoms with Crippen LogP contribution in [0, 0.1) is 5.41 Å². The summed E-state index contributed by atoms with van der Waals surface area (Å²) in [4.78, 5) is 0. The number of methoxy groups -OCH3 is 1. The van der Waals surface area contributed by atoms with E-state index in [1.807, 2.05) is 38.1 Å². The fraction of sp³-hybridized carbons (Fsp3) is 0.571. The van der Waals surface area contributed by atoms with E-state index in [0.717, 1.165) is 24.6 Å². The van der Waals surface area contributed by atoms with E-state index in [-0.39, 0.29) is 12.0 Å². The van der Waals surface area contributed by atoms with Crippen LogP contribution < -0.4 is 14.8 Å². The first-order chi connectivity index (χ1) is 8.59. The molecule has 0 bridgehead atoms. The maximum absolute atomic E-state index is 9.11. The van der Waals surface area contributed by atoms with Crippen molar-refractivity contribution >= 4 is 0 Å². The number of para-hydroxylation sites is 2. The van der Waals surface area contributed by atoms with E-state index in [2.05, 4.69) is 5.32 Å². The number of nitrogens with one attached hydrogen (secondary N) is 1. The normalized spacial score (nSPS) is 11.3. The van der Waals surface area contributed by atoms with Gasteiger partial charge in [-0.3, -0.25) is 0 Å². The summed E-state index contributed by atoms with van der Waals surface area (Å²) in [7, 11) is 1.63. The van der Waals surface area contributed by atoms with E-state index in [1.54, 1.807) is 7.11 Å². The second-order valence-electron chi connectivity index (χ2n) is 5.00. The number of aliphatic hydroxyl groups excluding tert-OH is 1. The predicted molar refractivity (Wildman–Crippen MR) is 72.2 cm³/mol. The van der Waals surface area contributed by atoms with E-state index in [4.69, 9.17) is 14.6 Å². The Labute approximate surface area is 109 Å². The lowest BCUT2D eigenvalue weighted by Crippen LogP contribution is -2.34. The smallest absolute Gasteiger partial charge is 0.161 e. The SMILES string of the molecule is COc1ccccc1OCCNCC(C)(C)CO. The Bertz CT molecular complexity index is 353. The highest BCUT2D eigenvalue weighted by Gasteiger charge is 2.15. The molecule has 0 saturated carbocycles. The Morgan fingerprint density at radius 2 is 1.89 bits per heavy atom. The zero-order valence-corrected chi connectivity index (χ0v) is 11.4. The van der Waals surface area contributed by atoms with Crippen molar-refractivity contribution in [3.63, 3.8) is 0 Å². The second-order valence-corrected chi connectivity index (χ2v) is 5.00. The fourth-order valence-electron chi connectivity index (χ4n) is 1.45. The van der Waals surface area contributed by atoms with Gasteiger partial charge in [0.05, 0.1) is 7.11 Å². The monoisotopic (exact) mass is 253 g/mol. The highest BCUT2D eigenvalue weighted by atomic mass is 16.5. The number of ether oxygens (including phenoxy) is 2. The molecule has 0 aromatic heterocycles. The van der Waals surface area contributed by atoms with Crippen molar-refractivity contribution in [1.29, 1.82) is 0 Å². The van der Waals surface area contributed by atoms with Crippen LogP contribution in [0.5, 0.6) is 11.5 Å². The highest BCUT2D eigenvalue weighted by Crippen LogP contribution is 2.25.